The van der Waals surface area contributed by atoms with Gasteiger partial charge in [0.05, 0.1) is 0 Å². The zero-order valence-electron chi connectivity index (χ0n) is 13.5. The SMILES string of the molecule is O=C(CCCCC(=O)N1C[C@H]2CC[C@H]1C2)N1C[C@@H]2CC[C@@H]1C2. The number of nitrogens with zero attached hydrogens (tertiary/aromatic N) is 2. The molecule has 0 N–H and O–H groups in total. The van der Waals surface area contributed by atoms with Gasteiger partial charge in [0, 0.05) is 38.0 Å². The predicted molar refractivity (Wildman–Crippen MR) is 84.2 cm³/mol. The predicted octanol–water partition coefficient (Wildman–Crippen LogP) is 2.57. The summed E-state index contributed by atoms with van der Waals surface area (Å²) in [4.78, 5) is 28.8. The van der Waals surface area contributed by atoms with E-state index in [9.17, 15) is 9.59 Å². The van der Waals surface area contributed by atoms with Crippen LogP contribution in [0.25, 0.3) is 0 Å². The van der Waals surface area contributed by atoms with E-state index in [-0.39, 0.29) is 0 Å². The van der Waals surface area contributed by atoms with Gasteiger partial charge in [-0.05, 0) is 63.2 Å². The number of fused-ring (bicyclic) bond motifs is 4. The Hall–Kier alpha value is -1.06. The highest BCUT2D eigenvalue weighted by atomic mass is 16.2. The Morgan fingerprint density at radius 2 is 1.18 bits per heavy atom. The van der Waals surface area contributed by atoms with E-state index in [1.54, 1.807) is 0 Å². The monoisotopic (exact) mass is 304 g/mol. The van der Waals surface area contributed by atoms with Crippen LogP contribution in [0, 0.1) is 11.8 Å². The van der Waals surface area contributed by atoms with E-state index >= 15 is 0 Å². The topological polar surface area (TPSA) is 40.6 Å². The molecule has 122 valence electrons. The number of piperidine rings is 2. The summed E-state index contributed by atoms with van der Waals surface area (Å²) in [5, 5.41) is 0. The van der Waals surface area contributed by atoms with Crippen LogP contribution in [0.3, 0.4) is 0 Å². The van der Waals surface area contributed by atoms with Crippen molar-refractivity contribution in [2.45, 2.75) is 76.3 Å². The first-order valence-electron chi connectivity index (χ1n) is 9.29. The number of likely N-dealkylation sites (tertiary alicyclic amines) is 2. The van der Waals surface area contributed by atoms with Crippen LogP contribution in [0.2, 0.25) is 0 Å². The molecule has 22 heavy (non-hydrogen) atoms. The van der Waals surface area contributed by atoms with Gasteiger partial charge in [-0.3, -0.25) is 9.59 Å². The first kappa shape index (κ1) is 14.5. The fourth-order valence-electron chi connectivity index (χ4n) is 5.30. The normalized spacial score (nSPS) is 35.6. The average molecular weight is 304 g/mol. The van der Waals surface area contributed by atoms with E-state index in [0.29, 0.717) is 36.7 Å². The molecule has 2 heterocycles. The fourth-order valence-corrected chi connectivity index (χ4v) is 5.30. The lowest BCUT2D eigenvalue weighted by Gasteiger charge is -2.28. The summed E-state index contributed by atoms with van der Waals surface area (Å²) in [5.74, 6) is 2.22. The van der Waals surface area contributed by atoms with Crippen molar-refractivity contribution in [2.24, 2.45) is 11.8 Å². The minimum absolute atomic E-state index is 0.333. The van der Waals surface area contributed by atoms with Crippen LogP contribution in [0.5, 0.6) is 0 Å². The summed E-state index contributed by atoms with van der Waals surface area (Å²) in [6.45, 7) is 2.00. The maximum Gasteiger partial charge on any atom is 0.222 e. The van der Waals surface area contributed by atoms with Crippen LogP contribution in [0.15, 0.2) is 0 Å². The minimum atomic E-state index is 0.333. The Morgan fingerprint density at radius 1 is 0.727 bits per heavy atom. The van der Waals surface area contributed by atoms with Crippen LogP contribution in [0.1, 0.15) is 64.2 Å². The van der Waals surface area contributed by atoms with Crippen molar-refractivity contribution in [3.63, 3.8) is 0 Å². The number of amides is 2. The molecule has 0 spiro atoms. The molecule has 0 aromatic carbocycles. The minimum Gasteiger partial charge on any atom is -0.339 e. The van der Waals surface area contributed by atoms with E-state index < -0.39 is 0 Å². The Morgan fingerprint density at radius 3 is 1.50 bits per heavy atom. The molecule has 2 aliphatic heterocycles. The molecule has 4 heteroatoms. The standard InChI is InChI=1S/C18H28N2O2/c21-17(19-11-13-5-7-15(19)9-13)3-1-2-4-18(22)20-12-14-6-8-16(20)10-14/h13-16H,1-12H2/t13-,14+,15-,16+. The molecule has 0 aromatic heterocycles. The van der Waals surface area contributed by atoms with E-state index in [0.717, 1.165) is 37.8 Å². The van der Waals surface area contributed by atoms with Gasteiger partial charge in [0.2, 0.25) is 11.8 Å². The molecule has 0 unspecified atom stereocenters. The number of unbranched alkanes of at least 4 members (excludes halogenated alkanes) is 1. The molecule has 4 atom stereocenters. The second-order valence-electron chi connectivity index (χ2n) is 7.97. The molecule has 4 rings (SSSR count). The van der Waals surface area contributed by atoms with Gasteiger partial charge in [-0.25, -0.2) is 0 Å². The zero-order chi connectivity index (χ0) is 15.1. The summed E-state index contributed by atoms with van der Waals surface area (Å²) >= 11 is 0. The smallest absolute Gasteiger partial charge is 0.222 e. The molecule has 0 aromatic rings. The first-order valence-corrected chi connectivity index (χ1v) is 9.29. The second-order valence-corrected chi connectivity index (χ2v) is 7.97. The van der Waals surface area contributed by atoms with Gasteiger partial charge in [0.25, 0.3) is 0 Å². The van der Waals surface area contributed by atoms with Crippen molar-refractivity contribution in [1.82, 2.24) is 9.80 Å². The van der Waals surface area contributed by atoms with E-state index in [1.807, 2.05) is 0 Å². The number of carbonyl (C=O) groups is 2. The number of hydrogen-bond acceptors (Lipinski definition) is 2. The lowest BCUT2D eigenvalue weighted by Crippen LogP contribution is -2.38. The molecule has 2 saturated heterocycles. The van der Waals surface area contributed by atoms with Gasteiger partial charge in [-0.1, -0.05) is 0 Å². The Kier molecular flexibility index (Phi) is 3.87. The molecule has 2 saturated carbocycles. The summed E-state index contributed by atoms with van der Waals surface area (Å²) in [5.41, 5.74) is 0. The number of rotatable bonds is 5. The number of carbonyl (C=O) groups excluding carboxylic acids is 2. The van der Waals surface area contributed by atoms with Gasteiger partial charge < -0.3 is 9.80 Å². The van der Waals surface area contributed by atoms with Crippen molar-refractivity contribution < 1.29 is 9.59 Å². The van der Waals surface area contributed by atoms with Crippen molar-refractivity contribution in [1.29, 1.82) is 0 Å². The van der Waals surface area contributed by atoms with Crippen molar-refractivity contribution >= 4 is 11.8 Å². The Labute approximate surface area is 133 Å². The van der Waals surface area contributed by atoms with Crippen LogP contribution in [-0.4, -0.2) is 46.8 Å². The van der Waals surface area contributed by atoms with Crippen LogP contribution in [-0.2, 0) is 9.59 Å². The molecule has 0 radical (unpaired) electrons. The molecule has 2 amide bonds. The molecular formula is C18H28N2O2. The summed E-state index contributed by atoms with van der Waals surface area (Å²) in [7, 11) is 0. The van der Waals surface area contributed by atoms with Crippen molar-refractivity contribution in [2.75, 3.05) is 13.1 Å². The van der Waals surface area contributed by atoms with Crippen LogP contribution < -0.4 is 0 Å². The fraction of sp³-hybridized carbons (Fsp3) is 0.889. The molecule has 4 fully saturated rings. The quantitative estimate of drug-likeness (QED) is 0.732. The third-order valence-corrected chi connectivity index (χ3v) is 6.49. The average Bonchev–Trinajstić information content (AvgIpc) is 3.30. The Bertz CT molecular complexity index is 422. The second kappa shape index (κ2) is 5.86. The maximum absolute atomic E-state index is 12.3. The van der Waals surface area contributed by atoms with Gasteiger partial charge in [-0.2, -0.15) is 0 Å². The first-order chi connectivity index (χ1) is 10.7. The van der Waals surface area contributed by atoms with Crippen molar-refractivity contribution in [3.05, 3.63) is 0 Å². The molecule has 4 bridgehead atoms. The van der Waals surface area contributed by atoms with Crippen LogP contribution in [0.4, 0.5) is 0 Å². The third-order valence-electron chi connectivity index (χ3n) is 6.49. The van der Waals surface area contributed by atoms with Gasteiger partial charge >= 0.3 is 0 Å². The molecule has 2 aliphatic carbocycles. The summed E-state index contributed by atoms with van der Waals surface area (Å²) in [6.07, 6.45) is 10.6. The van der Waals surface area contributed by atoms with Gasteiger partial charge in [0.1, 0.15) is 0 Å². The van der Waals surface area contributed by atoms with E-state index in [4.69, 9.17) is 0 Å². The molecule has 4 nitrogen and oxygen atoms in total. The van der Waals surface area contributed by atoms with Crippen LogP contribution >= 0.6 is 0 Å². The molecular weight excluding hydrogens is 276 g/mol. The maximum atomic E-state index is 12.3. The largest absolute Gasteiger partial charge is 0.339 e. The highest BCUT2D eigenvalue weighted by molar-refractivity contribution is 5.78. The third kappa shape index (κ3) is 2.65. The highest BCUT2D eigenvalue weighted by Gasteiger charge is 2.40. The molecule has 4 aliphatic rings. The lowest BCUT2D eigenvalue weighted by molar-refractivity contribution is -0.134. The number of hydrogen-bond donors (Lipinski definition) is 0. The Balaban J connectivity index is 1.15. The van der Waals surface area contributed by atoms with Gasteiger partial charge in [-0.15, -0.1) is 0 Å². The lowest BCUT2D eigenvalue weighted by atomic mass is 10.1. The van der Waals surface area contributed by atoms with Crippen molar-refractivity contribution in [3.8, 4) is 0 Å². The highest BCUT2D eigenvalue weighted by Crippen LogP contribution is 2.38. The van der Waals surface area contributed by atoms with Gasteiger partial charge in [0.15, 0.2) is 0 Å². The summed E-state index contributed by atoms with van der Waals surface area (Å²) < 4.78 is 0. The van der Waals surface area contributed by atoms with E-state index in [2.05, 4.69) is 9.80 Å². The summed E-state index contributed by atoms with van der Waals surface area (Å²) in [6, 6.07) is 1.08. The zero-order valence-corrected chi connectivity index (χ0v) is 13.5. The van der Waals surface area contributed by atoms with E-state index in [1.165, 1.54) is 38.5 Å².